The van der Waals surface area contributed by atoms with Gasteiger partial charge in [0.1, 0.15) is 17.8 Å². The molecule has 6 nitrogen and oxygen atoms in total. The highest BCUT2D eigenvalue weighted by atomic mass is 16.3. The molecule has 0 spiro atoms. The predicted octanol–water partition coefficient (Wildman–Crippen LogP) is 0.978. The second-order valence-corrected chi connectivity index (χ2v) is 3.51. The van der Waals surface area contributed by atoms with Crippen LogP contribution in [0.3, 0.4) is 0 Å². The summed E-state index contributed by atoms with van der Waals surface area (Å²) in [4.78, 5) is 17.1. The number of aryl methyl sites for hydroxylation is 1. The van der Waals surface area contributed by atoms with E-state index in [-0.39, 0.29) is 11.7 Å². The molecule has 0 atom stereocenters. The zero-order valence-electron chi connectivity index (χ0n) is 9.10. The van der Waals surface area contributed by atoms with E-state index in [2.05, 4.69) is 15.2 Å². The largest absolute Gasteiger partial charge is 0.464 e. The zero-order valence-corrected chi connectivity index (χ0v) is 9.10. The van der Waals surface area contributed by atoms with Gasteiger partial charge in [0.25, 0.3) is 5.91 Å². The Bertz CT molecular complexity index is 475. The van der Waals surface area contributed by atoms with Gasteiger partial charge in [-0.3, -0.25) is 9.89 Å². The summed E-state index contributed by atoms with van der Waals surface area (Å²) in [5.74, 6) is 1.58. The van der Waals surface area contributed by atoms with Crippen LogP contribution in [-0.4, -0.2) is 33.0 Å². The highest BCUT2D eigenvalue weighted by Crippen LogP contribution is 2.09. The minimum Gasteiger partial charge on any atom is -0.464 e. The van der Waals surface area contributed by atoms with E-state index in [0.717, 1.165) is 11.5 Å². The molecule has 0 unspecified atom stereocenters. The maximum Gasteiger partial charge on any atom is 0.291 e. The third-order valence-corrected chi connectivity index (χ3v) is 2.15. The van der Waals surface area contributed by atoms with Crippen LogP contribution >= 0.6 is 0 Å². The summed E-state index contributed by atoms with van der Waals surface area (Å²) >= 11 is 0. The molecule has 84 valence electrons. The first-order valence-electron chi connectivity index (χ1n) is 4.83. The Morgan fingerprint density at radius 1 is 1.56 bits per heavy atom. The van der Waals surface area contributed by atoms with Gasteiger partial charge in [-0.05, 0) is 19.1 Å². The molecule has 16 heavy (non-hydrogen) atoms. The zero-order chi connectivity index (χ0) is 11.5. The minimum atomic E-state index is -0.216. The average Bonchev–Trinajstić information content (AvgIpc) is 2.88. The number of carbonyl (C=O) groups is 1. The van der Waals surface area contributed by atoms with Crippen LogP contribution in [0.4, 0.5) is 0 Å². The van der Waals surface area contributed by atoms with E-state index < -0.39 is 0 Å². The molecule has 0 aromatic carbocycles. The summed E-state index contributed by atoms with van der Waals surface area (Å²) < 4.78 is 5.38. The second-order valence-electron chi connectivity index (χ2n) is 3.51. The van der Waals surface area contributed by atoms with Crippen molar-refractivity contribution in [2.75, 3.05) is 7.05 Å². The van der Waals surface area contributed by atoms with Gasteiger partial charge >= 0.3 is 0 Å². The summed E-state index contributed by atoms with van der Waals surface area (Å²) in [6.45, 7) is 2.27. The Kier molecular flexibility index (Phi) is 2.72. The molecular weight excluding hydrogens is 208 g/mol. The fourth-order valence-electron chi connectivity index (χ4n) is 1.36. The van der Waals surface area contributed by atoms with Crippen LogP contribution in [0, 0.1) is 6.92 Å². The summed E-state index contributed by atoms with van der Waals surface area (Å²) in [5, 5.41) is 6.16. The number of carbonyl (C=O) groups excluding carboxylic acids is 1. The lowest BCUT2D eigenvalue weighted by Crippen LogP contribution is -2.27. The summed E-state index contributed by atoms with van der Waals surface area (Å²) in [5.41, 5.74) is 0. The number of hydrogen-bond donors (Lipinski definition) is 1. The highest BCUT2D eigenvalue weighted by molar-refractivity contribution is 5.89. The molecule has 2 aromatic heterocycles. The molecule has 1 N–H and O–H groups in total. The number of rotatable bonds is 3. The van der Waals surface area contributed by atoms with Gasteiger partial charge in [-0.2, -0.15) is 5.10 Å². The van der Waals surface area contributed by atoms with Crippen molar-refractivity contribution < 1.29 is 9.21 Å². The van der Waals surface area contributed by atoms with Gasteiger partial charge in [-0.25, -0.2) is 4.98 Å². The first-order valence-corrected chi connectivity index (χ1v) is 4.83. The number of aromatic amines is 1. The van der Waals surface area contributed by atoms with Gasteiger partial charge in [-0.15, -0.1) is 0 Å². The number of H-pyrrole nitrogens is 1. The first kappa shape index (κ1) is 10.4. The van der Waals surface area contributed by atoms with Crippen molar-refractivity contribution in [1.82, 2.24) is 20.1 Å². The number of hydrogen-bond acceptors (Lipinski definition) is 4. The molecule has 1 amide bonds. The average molecular weight is 220 g/mol. The van der Waals surface area contributed by atoms with Gasteiger partial charge in [0.05, 0.1) is 6.54 Å². The van der Waals surface area contributed by atoms with Crippen molar-refractivity contribution in [2.45, 2.75) is 13.5 Å². The molecular formula is C10H12N4O2. The van der Waals surface area contributed by atoms with Crippen molar-refractivity contribution >= 4 is 5.91 Å². The van der Waals surface area contributed by atoms with Crippen molar-refractivity contribution in [2.24, 2.45) is 0 Å². The second kappa shape index (κ2) is 4.18. The predicted molar refractivity (Wildman–Crippen MR) is 55.6 cm³/mol. The van der Waals surface area contributed by atoms with E-state index in [9.17, 15) is 4.79 Å². The van der Waals surface area contributed by atoms with Crippen LogP contribution in [0.1, 0.15) is 22.1 Å². The van der Waals surface area contributed by atoms with E-state index in [1.54, 1.807) is 7.05 Å². The quantitative estimate of drug-likeness (QED) is 0.836. The van der Waals surface area contributed by atoms with Gasteiger partial charge in [-0.1, -0.05) is 0 Å². The maximum absolute atomic E-state index is 11.8. The van der Waals surface area contributed by atoms with Crippen LogP contribution in [0.5, 0.6) is 0 Å². The number of aromatic nitrogens is 3. The summed E-state index contributed by atoms with van der Waals surface area (Å²) in [6.07, 6.45) is 1.30. The van der Waals surface area contributed by atoms with Crippen molar-refractivity contribution in [3.63, 3.8) is 0 Å². The van der Waals surface area contributed by atoms with Crippen molar-refractivity contribution in [3.05, 3.63) is 35.8 Å². The standard InChI is InChI=1S/C10H12N4O2/c1-7-3-4-8(16-7)5-14(2)10(15)9-11-6-12-13-9/h3-4,6H,5H2,1-2H3,(H,11,12,13). The van der Waals surface area contributed by atoms with Crippen molar-refractivity contribution in [1.29, 1.82) is 0 Å². The van der Waals surface area contributed by atoms with Gasteiger partial charge in [0.15, 0.2) is 0 Å². The summed E-state index contributed by atoms with van der Waals surface area (Å²) in [7, 11) is 1.68. The Labute approximate surface area is 92.3 Å². The molecule has 0 fully saturated rings. The first-order chi connectivity index (χ1) is 7.66. The lowest BCUT2D eigenvalue weighted by molar-refractivity contribution is 0.0763. The highest BCUT2D eigenvalue weighted by Gasteiger charge is 2.15. The molecule has 6 heteroatoms. The summed E-state index contributed by atoms with van der Waals surface area (Å²) in [6, 6.07) is 3.71. The molecule has 0 aliphatic rings. The third-order valence-electron chi connectivity index (χ3n) is 2.15. The molecule has 0 saturated heterocycles. The third kappa shape index (κ3) is 2.10. The van der Waals surface area contributed by atoms with Crippen LogP contribution in [-0.2, 0) is 6.54 Å². The molecule has 0 radical (unpaired) electrons. The Hall–Kier alpha value is -2.11. The number of nitrogens with one attached hydrogen (secondary N) is 1. The van der Waals surface area contributed by atoms with Crippen molar-refractivity contribution in [3.8, 4) is 0 Å². The smallest absolute Gasteiger partial charge is 0.291 e. The number of nitrogens with zero attached hydrogens (tertiary/aromatic N) is 3. The SMILES string of the molecule is Cc1ccc(CN(C)C(=O)c2ncn[nH]2)o1. The van der Waals surface area contributed by atoms with Gasteiger partial charge in [0, 0.05) is 7.05 Å². The number of amides is 1. The molecule has 0 aliphatic heterocycles. The van der Waals surface area contributed by atoms with E-state index in [1.165, 1.54) is 11.2 Å². The molecule has 2 aromatic rings. The van der Waals surface area contributed by atoms with E-state index in [4.69, 9.17) is 4.42 Å². The minimum absolute atomic E-state index is 0.216. The van der Waals surface area contributed by atoms with Crippen LogP contribution < -0.4 is 0 Å². The number of furan rings is 1. The van der Waals surface area contributed by atoms with E-state index in [1.807, 2.05) is 19.1 Å². The van der Waals surface area contributed by atoms with E-state index in [0.29, 0.717) is 6.54 Å². The fourth-order valence-corrected chi connectivity index (χ4v) is 1.36. The topological polar surface area (TPSA) is 75.0 Å². The Morgan fingerprint density at radius 3 is 2.94 bits per heavy atom. The van der Waals surface area contributed by atoms with Crippen LogP contribution in [0.25, 0.3) is 0 Å². The van der Waals surface area contributed by atoms with Crippen LogP contribution in [0.15, 0.2) is 22.9 Å². The molecule has 0 saturated carbocycles. The Morgan fingerprint density at radius 2 is 2.38 bits per heavy atom. The molecule has 0 bridgehead atoms. The maximum atomic E-state index is 11.8. The molecule has 2 rings (SSSR count). The monoisotopic (exact) mass is 220 g/mol. The lowest BCUT2D eigenvalue weighted by Gasteiger charge is -2.13. The van der Waals surface area contributed by atoms with Gasteiger partial charge < -0.3 is 9.32 Å². The molecule has 0 aliphatic carbocycles. The fraction of sp³-hybridized carbons (Fsp3) is 0.300. The normalized spacial score (nSPS) is 10.4. The van der Waals surface area contributed by atoms with Crippen LogP contribution in [0.2, 0.25) is 0 Å². The van der Waals surface area contributed by atoms with E-state index >= 15 is 0 Å². The lowest BCUT2D eigenvalue weighted by atomic mass is 10.4. The Balaban J connectivity index is 2.03. The molecule has 2 heterocycles. The van der Waals surface area contributed by atoms with Gasteiger partial charge in [0.2, 0.25) is 5.82 Å².